The predicted molar refractivity (Wildman–Crippen MR) is 120 cm³/mol. The van der Waals surface area contributed by atoms with Gasteiger partial charge < -0.3 is 24.4 Å². The average molecular weight is 455 g/mol. The molecule has 4 atom stereocenters. The van der Waals surface area contributed by atoms with Gasteiger partial charge in [0.15, 0.2) is 0 Å². The molecule has 7 heteroatoms. The van der Waals surface area contributed by atoms with Gasteiger partial charge in [0.2, 0.25) is 0 Å². The molecule has 1 aromatic rings. The number of carbonyl (C=O) groups excluding carboxylic acids is 1. The summed E-state index contributed by atoms with van der Waals surface area (Å²) in [6, 6.07) is 7.02. The van der Waals surface area contributed by atoms with Crippen LogP contribution >= 0.6 is 11.6 Å². The third kappa shape index (κ3) is 10.0. The van der Waals surface area contributed by atoms with E-state index in [-0.39, 0.29) is 30.7 Å². The fourth-order valence-corrected chi connectivity index (χ4v) is 3.77. The molecular weight excluding hydrogens is 420 g/mol. The summed E-state index contributed by atoms with van der Waals surface area (Å²) in [6.07, 6.45) is 6.89. The second-order valence-corrected chi connectivity index (χ2v) is 8.68. The van der Waals surface area contributed by atoms with Crippen LogP contribution in [0.15, 0.2) is 36.4 Å². The van der Waals surface area contributed by atoms with Crippen LogP contribution in [0.3, 0.4) is 0 Å². The molecule has 4 unspecified atom stereocenters. The number of unbranched alkanes of at least 4 members (excludes halogenated alkanes) is 3. The van der Waals surface area contributed by atoms with Crippen molar-refractivity contribution >= 4 is 17.6 Å². The number of halogens is 1. The highest BCUT2D eigenvalue weighted by atomic mass is 35.5. The van der Waals surface area contributed by atoms with Crippen LogP contribution in [0.1, 0.15) is 52.4 Å². The first kappa shape index (κ1) is 25.7. The molecule has 1 heterocycles. The molecule has 174 valence electrons. The molecule has 0 amide bonds. The lowest BCUT2D eigenvalue weighted by Crippen LogP contribution is -2.23. The first-order chi connectivity index (χ1) is 14.8. The van der Waals surface area contributed by atoms with Crippen molar-refractivity contribution in [3.8, 4) is 5.75 Å². The van der Waals surface area contributed by atoms with Crippen molar-refractivity contribution in [1.29, 1.82) is 0 Å². The summed E-state index contributed by atoms with van der Waals surface area (Å²) in [7, 11) is 0. The largest absolute Gasteiger partial charge is 0.491 e. The maximum absolute atomic E-state index is 11.5. The van der Waals surface area contributed by atoms with E-state index in [0.717, 1.165) is 32.1 Å². The van der Waals surface area contributed by atoms with Crippen LogP contribution in [0.4, 0.5) is 0 Å². The summed E-state index contributed by atoms with van der Waals surface area (Å²) in [5.41, 5.74) is 0. The second-order valence-electron chi connectivity index (χ2n) is 8.24. The van der Waals surface area contributed by atoms with E-state index < -0.39 is 12.2 Å². The Morgan fingerprint density at radius 2 is 2.06 bits per heavy atom. The Labute approximate surface area is 190 Å². The number of hydrogen-bond acceptors (Lipinski definition) is 6. The Morgan fingerprint density at radius 3 is 2.81 bits per heavy atom. The topological polar surface area (TPSA) is 85.2 Å². The van der Waals surface area contributed by atoms with Gasteiger partial charge in [0.05, 0.1) is 24.9 Å². The summed E-state index contributed by atoms with van der Waals surface area (Å²) >= 11 is 5.92. The lowest BCUT2D eigenvalue weighted by atomic mass is 9.92. The van der Waals surface area contributed by atoms with Crippen LogP contribution in [0.5, 0.6) is 5.75 Å². The quantitative estimate of drug-likeness (QED) is 0.262. The van der Waals surface area contributed by atoms with Crippen molar-refractivity contribution in [1.82, 2.24) is 0 Å². The van der Waals surface area contributed by atoms with Crippen molar-refractivity contribution < 1.29 is 29.2 Å². The molecule has 1 fully saturated rings. The van der Waals surface area contributed by atoms with E-state index in [1.165, 1.54) is 0 Å². The fraction of sp³-hybridized carbons (Fsp3) is 0.625. The monoisotopic (exact) mass is 454 g/mol. The number of benzene rings is 1. The lowest BCUT2D eigenvalue weighted by molar-refractivity contribution is -0.147. The van der Waals surface area contributed by atoms with Crippen LogP contribution in [-0.4, -0.2) is 53.8 Å². The molecule has 31 heavy (non-hydrogen) atoms. The van der Waals surface area contributed by atoms with Gasteiger partial charge >= 0.3 is 5.97 Å². The van der Waals surface area contributed by atoms with Crippen LogP contribution in [0, 0.1) is 5.92 Å². The van der Waals surface area contributed by atoms with Gasteiger partial charge in [-0.05, 0) is 44.9 Å². The molecular formula is C24H35ClO6. The van der Waals surface area contributed by atoms with E-state index in [1.54, 1.807) is 30.3 Å². The van der Waals surface area contributed by atoms with Gasteiger partial charge in [-0.15, -0.1) is 0 Å². The number of ether oxygens (including phenoxy) is 3. The molecule has 0 spiro atoms. The molecule has 2 N–H and O–H groups in total. The summed E-state index contributed by atoms with van der Waals surface area (Å²) in [5.74, 6) is 0.462. The van der Waals surface area contributed by atoms with Crippen molar-refractivity contribution in [3.05, 3.63) is 41.4 Å². The molecule has 1 aliphatic rings. The van der Waals surface area contributed by atoms with E-state index in [1.807, 2.05) is 19.9 Å². The Hall–Kier alpha value is -1.60. The first-order valence-corrected chi connectivity index (χ1v) is 11.5. The third-order valence-electron chi connectivity index (χ3n) is 5.15. The first-order valence-electron chi connectivity index (χ1n) is 11.1. The molecule has 6 nitrogen and oxygen atoms in total. The van der Waals surface area contributed by atoms with Crippen LogP contribution < -0.4 is 4.74 Å². The zero-order chi connectivity index (χ0) is 22.6. The van der Waals surface area contributed by atoms with Crippen LogP contribution in [-0.2, 0) is 14.3 Å². The minimum Gasteiger partial charge on any atom is -0.491 e. The molecule has 1 aliphatic heterocycles. The number of esters is 1. The summed E-state index contributed by atoms with van der Waals surface area (Å²) in [4.78, 5) is 11.5. The van der Waals surface area contributed by atoms with Crippen molar-refractivity contribution in [3.63, 3.8) is 0 Å². The number of aliphatic hydroxyl groups excluding tert-OH is 2. The van der Waals surface area contributed by atoms with Gasteiger partial charge in [0, 0.05) is 17.4 Å². The van der Waals surface area contributed by atoms with Crippen molar-refractivity contribution in [2.45, 2.75) is 76.8 Å². The smallest absolute Gasteiger partial charge is 0.306 e. The maximum atomic E-state index is 11.5. The lowest BCUT2D eigenvalue weighted by Gasteiger charge is -2.18. The average Bonchev–Trinajstić information content (AvgIpc) is 3.06. The minimum absolute atomic E-state index is 0.00297. The van der Waals surface area contributed by atoms with E-state index in [4.69, 9.17) is 25.8 Å². The molecule has 0 aromatic heterocycles. The molecule has 0 bridgehead atoms. The van der Waals surface area contributed by atoms with Gasteiger partial charge in [-0.3, -0.25) is 4.79 Å². The molecule has 0 radical (unpaired) electrons. The van der Waals surface area contributed by atoms with Crippen molar-refractivity contribution in [2.75, 3.05) is 13.2 Å². The highest BCUT2D eigenvalue weighted by molar-refractivity contribution is 6.30. The van der Waals surface area contributed by atoms with Gasteiger partial charge in [-0.2, -0.15) is 0 Å². The Morgan fingerprint density at radius 1 is 1.29 bits per heavy atom. The zero-order valence-corrected chi connectivity index (χ0v) is 19.2. The third-order valence-corrected chi connectivity index (χ3v) is 5.39. The normalized spacial score (nSPS) is 22.2. The molecule has 0 saturated carbocycles. The highest BCUT2D eigenvalue weighted by Crippen LogP contribution is 2.28. The van der Waals surface area contributed by atoms with Crippen LogP contribution in [0.2, 0.25) is 5.02 Å². The Bertz CT molecular complexity index is 692. The number of aliphatic hydroxyl groups is 2. The highest BCUT2D eigenvalue weighted by Gasteiger charge is 2.33. The Kier molecular flexibility index (Phi) is 11.4. The van der Waals surface area contributed by atoms with E-state index >= 15 is 0 Å². The SMILES string of the molecule is CC(C)OC(=O)CCCCCCC1C(O)COC1/C=C/C(O)COc1cccc(Cl)c1. The summed E-state index contributed by atoms with van der Waals surface area (Å²) < 4.78 is 16.4. The number of rotatable bonds is 13. The van der Waals surface area contributed by atoms with Gasteiger partial charge in [-0.25, -0.2) is 0 Å². The molecule has 2 rings (SSSR count). The molecule has 1 saturated heterocycles. The fourth-order valence-electron chi connectivity index (χ4n) is 3.59. The molecule has 1 aromatic carbocycles. The maximum Gasteiger partial charge on any atom is 0.306 e. The molecule has 0 aliphatic carbocycles. The van der Waals surface area contributed by atoms with Gasteiger partial charge in [0.25, 0.3) is 0 Å². The van der Waals surface area contributed by atoms with Crippen LogP contribution in [0.25, 0.3) is 0 Å². The van der Waals surface area contributed by atoms with Gasteiger partial charge in [-0.1, -0.05) is 49.1 Å². The summed E-state index contributed by atoms with van der Waals surface area (Å²) in [5, 5.41) is 21.0. The van der Waals surface area contributed by atoms with E-state index in [2.05, 4.69) is 0 Å². The van der Waals surface area contributed by atoms with E-state index in [9.17, 15) is 15.0 Å². The predicted octanol–water partition coefficient (Wildman–Crippen LogP) is 4.30. The Balaban J connectivity index is 1.66. The number of hydrogen-bond donors (Lipinski definition) is 2. The summed E-state index contributed by atoms with van der Waals surface area (Å²) in [6.45, 7) is 4.11. The van der Waals surface area contributed by atoms with Gasteiger partial charge in [0.1, 0.15) is 18.5 Å². The standard InChI is InChI=1S/C24H35ClO6/c1-17(2)31-24(28)11-6-4-3-5-10-21-22(27)16-30-23(21)13-12-19(26)15-29-20-9-7-8-18(25)14-20/h7-9,12-14,17,19,21-23,26-27H,3-6,10-11,15-16H2,1-2H3/b13-12+. The minimum atomic E-state index is -0.786. The second kappa shape index (κ2) is 13.7. The zero-order valence-electron chi connectivity index (χ0n) is 18.4. The van der Waals surface area contributed by atoms with E-state index in [0.29, 0.717) is 23.8 Å². The van der Waals surface area contributed by atoms with Crippen molar-refractivity contribution in [2.24, 2.45) is 5.92 Å². The number of carbonyl (C=O) groups is 1.